The van der Waals surface area contributed by atoms with Gasteiger partial charge in [0.15, 0.2) is 5.76 Å². The summed E-state index contributed by atoms with van der Waals surface area (Å²) in [5.74, 6) is 0.537. The van der Waals surface area contributed by atoms with Gasteiger partial charge < -0.3 is 14.4 Å². The van der Waals surface area contributed by atoms with Crippen molar-refractivity contribution >= 4 is 0 Å². The second-order valence-electron chi connectivity index (χ2n) is 9.42. The first-order valence-corrected chi connectivity index (χ1v) is 11.1. The maximum atomic E-state index is 12.1. The summed E-state index contributed by atoms with van der Waals surface area (Å²) in [5.41, 5.74) is 5.00. The van der Waals surface area contributed by atoms with Crippen LogP contribution in [0.2, 0.25) is 0 Å². The average Bonchev–Trinajstić information content (AvgIpc) is 3.28. The summed E-state index contributed by atoms with van der Waals surface area (Å²) in [4.78, 5) is 21.1. The molecule has 1 aromatic carbocycles. The summed E-state index contributed by atoms with van der Waals surface area (Å²) in [7, 11) is 0. The van der Waals surface area contributed by atoms with E-state index in [1.54, 1.807) is 29.1 Å². The summed E-state index contributed by atoms with van der Waals surface area (Å²) in [5, 5.41) is 7.71. The highest BCUT2D eigenvalue weighted by molar-refractivity contribution is 5.66. The fourth-order valence-corrected chi connectivity index (χ4v) is 3.38. The van der Waals surface area contributed by atoms with Crippen molar-refractivity contribution in [1.82, 2.24) is 25.0 Å². The van der Waals surface area contributed by atoms with E-state index in [-0.39, 0.29) is 17.1 Å². The topological polar surface area (TPSA) is 85.8 Å². The van der Waals surface area contributed by atoms with Crippen LogP contribution in [0.15, 0.2) is 70.4 Å². The summed E-state index contributed by atoms with van der Waals surface area (Å²) >= 11 is 0. The molecule has 0 fully saturated rings. The van der Waals surface area contributed by atoms with E-state index in [0.717, 1.165) is 23.4 Å². The van der Waals surface area contributed by atoms with E-state index >= 15 is 0 Å². The molecule has 0 unspecified atom stereocenters. The van der Waals surface area contributed by atoms with Crippen LogP contribution in [0.4, 0.5) is 0 Å². The van der Waals surface area contributed by atoms with Gasteiger partial charge in [-0.25, -0.2) is 4.98 Å². The van der Waals surface area contributed by atoms with Gasteiger partial charge in [0, 0.05) is 47.6 Å². The Bertz CT molecular complexity index is 1300. The normalized spacial score (nSPS) is 11.8. The van der Waals surface area contributed by atoms with Crippen molar-refractivity contribution in [2.75, 3.05) is 0 Å². The molecule has 7 heteroatoms. The van der Waals surface area contributed by atoms with Crippen LogP contribution < -0.4 is 10.9 Å². The first-order valence-electron chi connectivity index (χ1n) is 11.1. The molecule has 0 aliphatic carbocycles. The third-order valence-electron chi connectivity index (χ3n) is 5.26. The van der Waals surface area contributed by atoms with Gasteiger partial charge in [-0.2, -0.15) is 0 Å². The largest absolute Gasteiger partial charge is 0.354 e. The second-order valence-corrected chi connectivity index (χ2v) is 9.42. The molecule has 0 radical (unpaired) electrons. The minimum Gasteiger partial charge on any atom is -0.354 e. The lowest BCUT2D eigenvalue weighted by atomic mass is 10.1. The predicted molar refractivity (Wildman–Crippen MR) is 130 cm³/mol. The van der Waals surface area contributed by atoms with Crippen molar-refractivity contribution in [3.63, 3.8) is 0 Å². The van der Waals surface area contributed by atoms with Gasteiger partial charge in [-0.3, -0.25) is 9.78 Å². The Morgan fingerprint density at radius 1 is 0.970 bits per heavy atom. The number of pyridine rings is 1. The van der Waals surface area contributed by atoms with Crippen LogP contribution >= 0.6 is 0 Å². The van der Waals surface area contributed by atoms with E-state index in [9.17, 15) is 4.79 Å². The Morgan fingerprint density at radius 3 is 2.36 bits per heavy atom. The summed E-state index contributed by atoms with van der Waals surface area (Å²) < 4.78 is 7.26. The Balaban J connectivity index is 1.56. The molecule has 4 aromatic rings. The minimum atomic E-state index is -0.0436. The van der Waals surface area contributed by atoms with E-state index in [0.29, 0.717) is 17.1 Å². The highest BCUT2D eigenvalue weighted by Gasteiger charge is 2.13. The molecule has 170 valence electrons. The Kier molecular flexibility index (Phi) is 6.24. The average molecular weight is 444 g/mol. The van der Waals surface area contributed by atoms with Crippen molar-refractivity contribution in [2.45, 2.75) is 52.7 Å². The number of nitrogens with zero attached hydrogens (tertiary/aromatic N) is 4. The van der Waals surface area contributed by atoms with Gasteiger partial charge in [0.05, 0.1) is 18.1 Å². The third kappa shape index (κ3) is 5.43. The zero-order valence-electron chi connectivity index (χ0n) is 19.7. The van der Waals surface area contributed by atoms with E-state index in [2.05, 4.69) is 48.4 Å². The standard InChI is InChI=1S/C26H29N5O2/c1-17(2)31-16-20(10-11-25(31)32)22-14-27-15-23(29-22)24-12-21(30-33-24)19-8-6-18(7-9-19)13-28-26(3,4)5/h6-12,14-17,28H,13H2,1-5H3. The molecule has 0 aliphatic heterocycles. The zero-order valence-corrected chi connectivity index (χ0v) is 19.7. The summed E-state index contributed by atoms with van der Waals surface area (Å²) in [6.07, 6.45) is 5.13. The van der Waals surface area contributed by atoms with E-state index in [1.165, 1.54) is 5.56 Å². The molecule has 1 N–H and O–H groups in total. The zero-order chi connectivity index (χ0) is 23.6. The summed E-state index contributed by atoms with van der Waals surface area (Å²) in [6, 6.07) is 13.5. The van der Waals surface area contributed by atoms with Crippen LogP contribution in [0.25, 0.3) is 34.0 Å². The van der Waals surface area contributed by atoms with Gasteiger partial charge in [0.25, 0.3) is 5.56 Å². The fourth-order valence-electron chi connectivity index (χ4n) is 3.38. The lowest BCUT2D eigenvalue weighted by molar-refractivity contribution is 0.424. The van der Waals surface area contributed by atoms with Gasteiger partial charge in [0.2, 0.25) is 0 Å². The van der Waals surface area contributed by atoms with Gasteiger partial charge in [-0.05, 0) is 46.2 Å². The lowest BCUT2D eigenvalue weighted by Crippen LogP contribution is -2.35. The second kappa shape index (κ2) is 9.11. The van der Waals surface area contributed by atoms with Crippen LogP contribution in [0.1, 0.15) is 46.2 Å². The minimum absolute atomic E-state index is 0.0436. The Hall–Kier alpha value is -3.58. The van der Waals surface area contributed by atoms with Crippen molar-refractivity contribution < 1.29 is 4.52 Å². The Labute approximate surface area is 193 Å². The molecule has 0 saturated heterocycles. The van der Waals surface area contributed by atoms with E-state index in [1.807, 2.05) is 38.2 Å². The molecule has 4 rings (SSSR count). The molecule has 3 heterocycles. The van der Waals surface area contributed by atoms with Crippen molar-refractivity contribution in [3.05, 3.63) is 77.0 Å². The fraction of sp³-hybridized carbons (Fsp3) is 0.308. The van der Waals surface area contributed by atoms with Gasteiger partial charge in [0.1, 0.15) is 11.4 Å². The molecule has 0 amide bonds. The maximum Gasteiger partial charge on any atom is 0.250 e. The van der Waals surface area contributed by atoms with Crippen LogP contribution in [0, 0.1) is 0 Å². The van der Waals surface area contributed by atoms with Crippen molar-refractivity contribution in [3.8, 4) is 34.0 Å². The number of hydrogen-bond donors (Lipinski definition) is 1. The monoisotopic (exact) mass is 443 g/mol. The van der Waals surface area contributed by atoms with Gasteiger partial charge >= 0.3 is 0 Å². The molecule has 0 bridgehead atoms. The molecule has 33 heavy (non-hydrogen) atoms. The quantitative estimate of drug-likeness (QED) is 0.446. The number of rotatable bonds is 6. The van der Waals surface area contributed by atoms with E-state index in [4.69, 9.17) is 9.51 Å². The van der Waals surface area contributed by atoms with Crippen LogP contribution in [0.3, 0.4) is 0 Å². The van der Waals surface area contributed by atoms with Gasteiger partial charge in [-0.15, -0.1) is 0 Å². The van der Waals surface area contributed by atoms with Gasteiger partial charge in [-0.1, -0.05) is 29.4 Å². The number of aromatic nitrogens is 4. The SMILES string of the molecule is CC(C)n1cc(-c2cncc(-c3cc(-c4ccc(CNC(C)(C)C)cc4)no3)n2)ccc1=O. The molecule has 0 spiro atoms. The van der Waals surface area contributed by atoms with Crippen LogP contribution in [-0.2, 0) is 6.54 Å². The molecule has 0 atom stereocenters. The molecule has 0 aliphatic rings. The molecule has 7 nitrogen and oxygen atoms in total. The van der Waals surface area contributed by atoms with Crippen molar-refractivity contribution in [2.24, 2.45) is 0 Å². The number of hydrogen-bond acceptors (Lipinski definition) is 6. The molecular weight excluding hydrogens is 414 g/mol. The van der Waals surface area contributed by atoms with Crippen molar-refractivity contribution in [1.29, 1.82) is 0 Å². The Morgan fingerprint density at radius 2 is 1.67 bits per heavy atom. The first-order chi connectivity index (χ1) is 15.7. The maximum absolute atomic E-state index is 12.1. The molecule has 0 saturated carbocycles. The highest BCUT2D eigenvalue weighted by Crippen LogP contribution is 2.26. The third-order valence-corrected chi connectivity index (χ3v) is 5.26. The molecular formula is C26H29N5O2. The first kappa shape index (κ1) is 22.6. The van der Waals surface area contributed by atoms with Crippen LogP contribution in [-0.4, -0.2) is 25.2 Å². The summed E-state index contributed by atoms with van der Waals surface area (Å²) in [6.45, 7) is 11.2. The number of nitrogens with one attached hydrogen (secondary N) is 1. The number of benzene rings is 1. The van der Waals surface area contributed by atoms with Crippen LogP contribution in [0.5, 0.6) is 0 Å². The lowest BCUT2D eigenvalue weighted by Gasteiger charge is -2.20. The smallest absolute Gasteiger partial charge is 0.250 e. The van der Waals surface area contributed by atoms with E-state index < -0.39 is 0 Å². The predicted octanol–water partition coefficient (Wildman–Crippen LogP) is 5.10. The molecule has 3 aromatic heterocycles. The highest BCUT2D eigenvalue weighted by atomic mass is 16.5.